The molecule has 1 saturated heterocycles. The van der Waals surface area contributed by atoms with Crippen molar-refractivity contribution in [3.8, 4) is 0 Å². The first-order valence-corrected chi connectivity index (χ1v) is 12.7. The Morgan fingerprint density at radius 1 is 1.20 bits per heavy atom. The number of nitro benzene ring substituents is 1. The van der Waals surface area contributed by atoms with E-state index in [1.54, 1.807) is 23.1 Å². The van der Waals surface area contributed by atoms with E-state index in [0.717, 1.165) is 23.3 Å². The van der Waals surface area contributed by atoms with Gasteiger partial charge in [0.15, 0.2) is 0 Å². The average molecular weight is 495 g/mol. The number of hydrogen-bond acceptors (Lipinski definition) is 6. The maximum atomic E-state index is 12.7. The molecule has 4 rings (SSSR count). The smallest absolute Gasteiger partial charge is 0.283 e. The largest absolute Gasteiger partial charge is 0.352 e. The Kier molecular flexibility index (Phi) is 7.87. The highest BCUT2D eigenvalue weighted by atomic mass is 32.2. The Morgan fingerprint density at radius 2 is 1.97 bits per heavy atom. The van der Waals surface area contributed by atoms with E-state index in [1.807, 2.05) is 24.3 Å². The molecular weight excluding hydrogens is 464 g/mol. The highest BCUT2D eigenvalue weighted by Crippen LogP contribution is 2.39. The van der Waals surface area contributed by atoms with Gasteiger partial charge in [0, 0.05) is 42.7 Å². The second-order valence-corrected chi connectivity index (χ2v) is 10.3. The summed E-state index contributed by atoms with van der Waals surface area (Å²) in [6, 6.07) is 12.8. The van der Waals surface area contributed by atoms with Crippen LogP contribution in [0, 0.1) is 10.1 Å². The van der Waals surface area contributed by atoms with Gasteiger partial charge in [0.2, 0.25) is 11.8 Å². The molecule has 1 atom stereocenters. The molecule has 0 radical (unpaired) electrons. The molecule has 35 heavy (non-hydrogen) atoms. The molecule has 2 aromatic carbocycles. The van der Waals surface area contributed by atoms with Gasteiger partial charge in [-0.1, -0.05) is 49.9 Å². The third-order valence-electron chi connectivity index (χ3n) is 6.09. The van der Waals surface area contributed by atoms with Crippen molar-refractivity contribution in [3.63, 3.8) is 0 Å². The van der Waals surface area contributed by atoms with E-state index >= 15 is 0 Å². The molecule has 1 aliphatic carbocycles. The maximum absolute atomic E-state index is 12.7. The average Bonchev–Trinajstić information content (AvgIpc) is 3.67. The quantitative estimate of drug-likeness (QED) is 0.327. The van der Waals surface area contributed by atoms with Gasteiger partial charge in [0.25, 0.3) is 5.69 Å². The first kappa shape index (κ1) is 24.9. The molecule has 2 N–H and O–H groups in total. The minimum absolute atomic E-state index is 0.00198. The highest BCUT2D eigenvalue weighted by Gasteiger charge is 2.31. The molecule has 1 saturated carbocycles. The van der Waals surface area contributed by atoms with Gasteiger partial charge in [-0.05, 0) is 48.1 Å². The first-order chi connectivity index (χ1) is 16.8. The van der Waals surface area contributed by atoms with Crippen LogP contribution in [0.25, 0.3) is 6.08 Å². The zero-order valence-electron chi connectivity index (χ0n) is 19.9. The van der Waals surface area contributed by atoms with E-state index < -0.39 is 11.0 Å². The van der Waals surface area contributed by atoms with Crippen molar-refractivity contribution in [3.05, 3.63) is 69.8 Å². The Bertz CT molecular complexity index is 1150. The van der Waals surface area contributed by atoms with Crippen LogP contribution < -0.4 is 10.6 Å². The monoisotopic (exact) mass is 494 g/mol. The fourth-order valence-electron chi connectivity index (χ4n) is 3.96. The molecule has 8 nitrogen and oxygen atoms in total. The molecule has 0 spiro atoms. The number of carbonyl (C=O) groups excluding carboxylic acids is 2. The molecule has 9 heteroatoms. The molecule has 0 aromatic heterocycles. The van der Waals surface area contributed by atoms with Gasteiger partial charge in [-0.2, -0.15) is 0 Å². The van der Waals surface area contributed by atoms with Crippen molar-refractivity contribution >= 4 is 35.3 Å². The van der Waals surface area contributed by atoms with Crippen LogP contribution in [-0.2, 0) is 9.59 Å². The SMILES string of the molecule is CC(C)c1ccccc1Sc1ccc(C=CC(=O)N2CCNC(C(=O)NC3CC3)C2)cc1[N+](=O)[O-]. The number of piperazine rings is 1. The van der Waals surface area contributed by atoms with Crippen molar-refractivity contribution in [1.82, 2.24) is 15.5 Å². The summed E-state index contributed by atoms with van der Waals surface area (Å²) in [5, 5.41) is 17.9. The molecule has 2 aliphatic rings. The lowest BCUT2D eigenvalue weighted by molar-refractivity contribution is -0.387. The predicted octanol–water partition coefficient (Wildman–Crippen LogP) is 3.96. The van der Waals surface area contributed by atoms with E-state index in [2.05, 4.69) is 24.5 Å². The number of nitrogens with zero attached hydrogens (tertiary/aromatic N) is 2. The summed E-state index contributed by atoms with van der Waals surface area (Å²) in [6.07, 6.45) is 5.03. The maximum Gasteiger partial charge on any atom is 0.283 e. The number of carbonyl (C=O) groups is 2. The Balaban J connectivity index is 1.45. The van der Waals surface area contributed by atoms with Gasteiger partial charge in [0.05, 0.1) is 9.82 Å². The lowest BCUT2D eigenvalue weighted by Gasteiger charge is -2.32. The molecule has 2 fully saturated rings. The molecule has 0 bridgehead atoms. The summed E-state index contributed by atoms with van der Waals surface area (Å²) in [7, 11) is 0. The van der Waals surface area contributed by atoms with Crippen LogP contribution in [0.15, 0.2) is 58.3 Å². The molecule has 2 aromatic rings. The standard InChI is InChI=1S/C26H30N4O4S/c1-17(2)20-5-3-4-6-23(20)35-24-11-7-18(15-22(24)30(33)34)8-12-25(31)29-14-13-27-21(16-29)26(32)28-19-9-10-19/h3-8,11-12,15,17,19,21,27H,9-10,13-14,16H2,1-2H3,(H,28,32). The molecule has 184 valence electrons. The minimum atomic E-state index is -0.423. The number of rotatable bonds is 8. The number of nitrogens with one attached hydrogen (secondary N) is 2. The molecular formula is C26H30N4O4S. The number of hydrogen-bond donors (Lipinski definition) is 2. The third-order valence-corrected chi connectivity index (χ3v) is 7.24. The van der Waals surface area contributed by atoms with Crippen molar-refractivity contribution in [2.24, 2.45) is 0 Å². The summed E-state index contributed by atoms with van der Waals surface area (Å²) in [5.41, 5.74) is 1.72. The topological polar surface area (TPSA) is 105 Å². The van der Waals surface area contributed by atoms with Crippen LogP contribution in [-0.4, -0.2) is 53.4 Å². The fraction of sp³-hybridized carbons (Fsp3) is 0.385. The number of amides is 2. The number of nitro groups is 1. The lowest BCUT2D eigenvalue weighted by atomic mass is 10.0. The van der Waals surface area contributed by atoms with Gasteiger partial charge < -0.3 is 15.5 Å². The van der Waals surface area contributed by atoms with Crippen molar-refractivity contribution < 1.29 is 14.5 Å². The van der Waals surface area contributed by atoms with E-state index in [1.165, 1.54) is 23.9 Å². The molecule has 1 aliphatic heterocycles. The predicted molar refractivity (Wildman–Crippen MR) is 136 cm³/mol. The molecule has 2 amide bonds. The summed E-state index contributed by atoms with van der Waals surface area (Å²) in [5.74, 6) is 0.00904. The first-order valence-electron chi connectivity index (χ1n) is 11.9. The zero-order valence-corrected chi connectivity index (χ0v) is 20.7. The Morgan fingerprint density at radius 3 is 2.69 bits per heavy atom. The van der Waals surface area contributed by atoms with E-state index in [4.69, 9.17) is 0 Å². The Labute approximate surface area is 209 Å². The van der Waals surface area contributed by atoms with Gasteiger partial charge in [-0.15, -0.1) is 0 Å². The summed E-state index contributed by atoms with van der Waals surface area (Å²) in [4.78, 5) is 39.6. The van der Waals surface area contributed by atoms with Crippen molar-refractivity contribution in [1.29, 1.82) is 0 Å². The zero-order chi connectivity index (χ0) is 24.9. The van der Waals surface area contributed by atoms with Crippen molar-refractivity contribution in [2.45, 2.75) is 54.5 Å². The highest BCUT2D eigenvalue weighted by molar-refractivity contribution is 7.99. The fourth-order valence-corrected chi connectivity index (χ4v) is 5.14. The van der Waals surface area contributed by atoms with Crippen LogP contribution in [0.1, 0.15) is 43.7 Å². The van der Waals surface area contributed by atoms with E-state index in [9.17, 15) is 19.7 Å². The second kappa shape index (κ2) is 11.0. The molecule has 1 unspecified atom stereocenters. The second-order valence-electron chi connectivity index (χ2n) is 9.19. The van der Waals surface area contributed by atoms with Crippen LogP contribution in [0.4, 0.5) is 5.69 Å². The summed E-state index contributed by atoms with van der Waals surface area (Å²) in [6.45, 7) is 5.53. The Hall–Kier alpha value is -3.17. The van der Waals surface area contributed by atoms with Gasteiger partial charge in [-0.3, -0.25) is 19.7 Å². The van der Waals surface area contributed by atoms with Gasteiger partial charge in [-0.25, -0.2) is 0 Å². The minimum Gasteiger partial charge on any atom is -0.352 e. The van der Waals surface area contributed by atoms with Crippen molar-refractivity contribution in [2.75, 3.05) is 19.6 Å². The van der Waals surface area contributed by atoms with Crippen LogP contribution in [0.3, 0.4) is 0 Å². The van der Waals surface area contributed by atoms with E-state index in [-0.39, 0.29) is 23.5 Å². The summed E-state index contributed by atoms with van der Waals surface area (Å²) < 4.78 is 0. The number of benzene rings is 2. The van der Waals surface area contributed by atoms with Crippen LogP contribution in [0.5, 0.6) is 0 Å². The van der Waals surface area contributed by atoms with E-state index in [0.29, 0.717) is 36.0 Å². The normalized spacial score (nSPS) is 18.1. The van der Waals surface area contributed by atoms with Crippen LogP contribution >= 0.6 is 11.8 Å². The van der Waals surface area contributed by atoms with Gasteiger partial charge >= 0.3 is 0 Å². The van der Waals surface area contributed by atoms with Crippen LogP contribution in [0.2, 0.25) is 0 Å². The third kappa shape index (κ3) is 6.49. The van der Waals surface area contributed by atoms with Gasteiger partial charge in [0.1, 0.15) is 6.04 Å². The molecule has 1 heterocycles. The summed E-state index contributed by atoms with van der Waals surface area (Å²) >= 11 is 1.38. The lowest BCUT2D eigenvalue weighted by Crippen LogP contribution is -2.58.